The van der Waals surface area contributed by atoms with Gasteiger partial charge in [0.2, 0.25) is 5.91 Å². The number of methoxy groups -OCH3 is 1. The Balaban J connectivity index is 1.51. The maximum absolute atomic E-state index is 12.4. The van der Waals surface area contributed by atoms with Gasteiger partial charge in [-0.25, -0.2) is 0 Å². The lowest BCUT2D eigenvalue weighted by atomic mass is 10.2. The smallest absolute Gasteiger partial charge is 0.227 e. The molecule has 6 nitrogen and oxygen atoms in total. The Morgan fingerprint density at radius 3 is 2.43 bits per heavy atom. The van der Waals surface area contributed by atoms with Crippen LogP contribution in [0.2, 0.25) is 0 Å². The van der Waals surface area contributed by atoms with E-state index in [2.05, 4.69) is 23.2 Å². The molecule has 0 atom stereocenters. The van der Waals surface area contributed by atoms with Crippen LogP contribution in [0.1, 0.15) is 13.3 Å². The number of rotatable bonds is 8. The fourth-order valence-electron chi connectivity index (χ4n) is 3.42. The molecular weight excluding hydrogens is 354 g/mol. The summed E-state index contributed by atoms with van der Waals surface area (Å²) in [5.74, 6) is 1.46. The van der Waals surface area contributed by atoms with Crippen molar-refractivity contribution >= 4 is 17.3 Å². The van der Waals surface area contributed by atoms with Crippen LogP contribution in [0.3, 0.4) is 0 Å². The zero-order valence-electron chi connectivity index (χ0n) is 16.7. The number of nitrogens with zero attached hydrogens (tertiary/aromatic N) is 1. The zero-order valence-corrected chi connectivity index (χ0v) is 16.7. The van der Waals surface area contributed by atoms with E-state index in [1.54, 1.807) is 12.0 Å². The van der Waals surface area contributed by atoms with Crippen LogP contribution in [0, 0.1) is 0 Å². The van der Waals surface area contributed by atoms with Crippen molar-refractivity contribution in [2.45, 2.75) is 13.3 Å². The minimum absolute atomic E-state index is 0.0428. The number of ether oxygens (including phenoxy) is 2. The Kier molecular flexibility index (Phi) is 7.14. The van der Waals surface area contributed by atoms with Crippen LogP contribution in [0.25, 0.3) is 0 Å². The van der Waals surface area contributed by atoms with Gasteiger partial charge in [0.1, 0.15) is 11.5 Å². The molecule has 0 spiro atoms. The Bertz CT molecular complexity index is 756. The van der Waals surface area contributed by atoms with Crippen LogP contribution in [0.5, 0.6) is 11.5 Å². The molecule has 0 aliphatic carbocycles. The number of anilines is 2. The van der Waals surface area contributed by atoms with Crippen LogP contribution in [0.15, 0.2) is 48.5 Å². The summed E-state index contributed by atoms with van der Waals surface area (Å²) >= 11 is 0. The molecule has 150 valence electrons. The number of piperazine rings is 1. The van der Waals surface area contributed by atoms with E-state index >= 15 is 0 Å². The van der Waals surface area contributed by atoms with E-state index in [9.17, 15) is 4.79 Å². The third kappa shape index (κ3) is 5.39. The molecule has 1 aliphatic heterocycles. The molecule has 0 radical (unpaired) electrons. The second-order valence-electron chi connectivity index (χ2n) is 6.93. The molecule has 0 bridgehead atoms. The van der Waals surface area contributed by atoms with Gasteiger partial charge in [0.25, 0.3) is 0 Å². The molecule has 1 aliphatic rings. The van der Waals surface area contributed by atoms with Gasteiger partial charge >= 0.3 is 0 Å². The summed E-state index contributed by atoms with van der Waals surface area (Å²) in [5, 5.41) is 3.05. The van der Waals surface area contributed by atoms with Gasteiger partial charge in [-0.1, -0.05) is 12.1 Å². The Morgan fingerprint density at radius 1 is 1.07 bits per heavy atom. The highest BCUT2D eigenvalue weighted by atomic mass is 16.5. The standard InChI is InChI=1S/C22H29N3O3/c1-3-24-13-15-25(16-14-24)21-7-5-4-6-20(21)23-22(26)12-17-28-19-10-8-18(27-2)9-11-19/h4-11H,3,12-17H2,1-2H3,(H,23,26)/p+1. The first-order valence-corrected chi connectivity index (χ1v) is 9.94. The van der Waals surface area contributed by atoms with Crippen molar-refractivity contribution in [3.05, 3.63) is 48.5 Å². The van der Waals surface area contributed by atoms with E-state index in [1.807, 2.05) is 42.5 Å². The highest BCUT2D eigenvalue weighted by Gasteiger charge is 2.21. The molecule has 1 saturated heterocycles. The van der Waals surface area contributed by atoms with Crippen molar-refractivity contribution in [1.82, 2.24) is 0 Å². The van der Waals surface area contributed by atoms with E-state index in [0.29, 0.717) is 13.0 Å². The van der Waals surface area contributed by atoms with Crippen molar-refractivity contribution in [3.63, 3.8) is 0 Å². The summed E-state index contributed by atoms with van der Waals surface area (Å²) in [6, 6.07) is 15.4. The fourth-order valence-corrected chi connectivity index (χ4v) is 3.42. The summed E-state index contributed by atoms with van der Waals surface area (Å²) in [5.41, 5.74) is 1.97. The number of quaternary nitrogens is 1. The zero-order chi connectivity index (χ0) is 19.8. The molecule has 2 aromatic carbocycles. The Hall–Kier alpha value is -2.73. The number of nitrogens with one attached hydrogen (secondary N) is 2. The summed E-state index contributed by atoms with van der Waals surface area (Å²) in [4.78, 5) is 16.4. The van der Waals surface area contributed by atoms with Gasteiger partial charge in [0.05, 0.1) is 64.2 Å². The number of likely N-dealkylation sites (N-methyl/N-ethyl adjacent to an activating group) is 1. The van der Waals surface area contributed by atoms with Gasteiger partial charge in [0, 0.05) is 0 Å². The predicted octanol–water partition coefficient (Wildman–Crippen LogP) is 1.83. The first-order chi connectivity index (χ1) is 13.7. The second kappa shape index (κ2) is 9.99. The van der Waals surface area contributed by atoms with Gasteiger partial charge in [-0.2, -0.15) is 0 Å². The fraction of sp³-hybridized carbons (Fsp3) is 0.409. The van der Waals surface area contributed by atoms with Gasteiger partial charge in [-0.15, -0.1) is 0 Å². The quantitative estimate of drug-likeness (QED) is 0.729. The van der Waals surface area contributed by atoms with Crippen molar-refractivity contribution in [2.75, 3.05) is 56.7 Å². The molecule has 0 saturated carbocycles. The average Bonchev–Trinajstić information content (AvgIpc) is 2.75. The Morgan fingerprint density at radius 2 is 1.75 bits per heavy atom. The second-order valence-corrected chi connectivity index (χ2v) is 6.93. The summed E-state index contributed by atoms with van der Waals surface area (Å²) in [7, 11) is 1.63. The molecule has 0 aromatic heterocycles. The van der Waals surface area contributed by atoms with Gasteiger partial charge in [0.15, 0.2) is 0 Å². The lowest BCUT2D eigenvalue weighted by Crippen LogP contribution is -3.14. The van der Waals surface area contributed by atoms with Crippen LogP contribution < -0.4 is 24.6 Å². The number of carbonyl (C=O) groups is 1. The molecular formula is C22H30N3O3+. The lowest BCUT2D eigenvalue weighted by molar-refractivity contribution is -0.898. The third-order valence-electron chi connectivity index (χ3n) is 5.15. The summed E-state index contributed by atoms with van der Waals surface area (Å²) in [6.45, 7) is 8.02. The highest BCUT2D eigenvalue weighted by Crippen LogP contribution is 2.25. The minimum Gasteiger partial charge on any atom is -0.497 e. The molecule has 3 rings (SSSR count). The molecule has 28 heavy (non-hydrogen) atoms. The van der Waals surface area contributed by atoms with Gasteiger partial charge < -0.3 is 24.6 Å². The number of hydrogen-bond acceptors (Lipinski definition) is 4. The van der Waals surface area contributed by atoms with Crippen molar-refractivity contribution in [1.29, 1.82) is 0 Å². The molecule has 2 aromatic rings. The van der Waals surface area contributed by atoms with Gasteiger partial charge in [-0.3, -0.25) is 4.79 Å². The van der Waals surface area contributed by atoms with Crippen molar-refractivity contribution in [3.8, 4) is 11.5 Å². The van der Waals surface area contributed by atoms with Crippen LogP contribution in [-0.4, -0.2) is 52.3 Å². The largest absolute Gasteiger partial charge is 0.497 e. The monoisotopic (exact) mass is 384 g/mol. The summed E-state index contributed by atoms with van der Waals surface area (Å²) < 4.78 is 10.8. The first kappa shape index (κ1) is 20.0. The molecule has 0 unspecified atom stereocenters. The van der Waals surface area contributed by atoms with Gasteiger partial charge in [-0.05, 0) is 43.3 Å². The predicted molar refractivity (Wildman–Crippen MR) is 112 cm³/mol. The molecule has 2 N–H and O–H groups in total. The molecule has 6 heteroatoms. The normalized spacial score (nSPS) is 14.6. The average molecular weight is 385 g/mol. The van der Waals surface area contributed by atoms with Crippen LogP contribution in [-0.2, 0) is 4.79 Å². The van der Waals surface area contributed by atoms with E-state index in [0.717, 1.165) is 49.1 Å². The highest BCUT2D eigenvalue weighted by molar-refractivity contribution is 5.94. The number of hydrogen-bond donors (Lipinski definition) is 2. The van der Waals surface area contributed by atoms with E-state index in [-0.39, 0.29) is 5.91 Å². The maximum atomic E-state index is 12.4. The minimum atomic E-state index is -0.0428. The number of amides is 1. The number of para-hydroxylation sites is 2. The van der Waals surface area contributed by atoms with E-state index in [4.69, 9.17) is 9.47 Å². The van der Waals surface area contributed by atoms with Crippen molar-refractivity contribution < 1.29 is 19.2 Å². The SMILES string of the molecule is CC[NH+]1CCN(c2ccccc2NC(=O)CCOc2ccc(OC)cc2)CC1. The Labute approximate surface area is 167 Å². The third-order valence-corrected chi connectivity index (χ3v) is 5.15. The number of carbonyl (C=O) groups excluding carboxylic acids is 1. The maximum Gasteiger partial charge on any atom is 0.227 e. The van der Waals surface area contributed by atoms with Crippen molar-refractivity contribution in [2.24, 2.45) is 0 Å². The van der Waals surface area contributed by atoms with E-state index < -0.39 is 0 Å². The van der Waals surface area contributed by atoms with Crippen LogP contribution >= 0.6 is 0 Å². The number of benzene rings is 2. The lowest BCUT2D eigenvalue weighted by Gasteiger charge is -2.34. The van der Waals surface area contributed by atoms with E-state index in [1.165, 1.54) is 6.54 Å². The molecule has 1 amide bonds. The van der Waals surface area contributed by atoms with Crippen LogP contribution in [0.4, 0.5) is 11.4 Å². The first-order valence-electron chi connectivity index (χ1n) is 9.94. The summed E-state index contributed by atoms with van der Waals surface area (Å²) in [6.07, 6.45) is 0.300. The molecule has 1 heterocycles. The molecule has 1 fully saturated rings. The topological polar surface area (TPSA) is 55.2 Å².